The summed E-state index contributed by atoms with van der Waals surface area (Å²) >= 11 is 2.28. The van der Waals surface area contributed by atoms with Crippen LogP contribution >= 0.6 is 22.6 Å². The summed E-state index contributed by atoms with van der Waals surface area (Å²) in [5, 5.41) is 6.43. The van der Waals surface area contributed by atoms with Crippen molar-refractivity contribution in [2.75, 3.05) is 32.0 Å². The van der Waals surface area contributed by atoms with E-state index in [2.05, 4.69) is 51.2 Å². The molecular weight excluding hydrogens is 377 g/mol. The van der Waals surface area contributed by atoms with Gasteiger partial charge in [-0.1, -0.05) is 0 Å². The molecule has 0 aliphatic carbocycles. The lowest BCUT2D eigenvalue weighted by Gasteiger charge is -2.26. The zero-order valence-electron chi connectivity index (χ0n) is 12.8. The van der Waals surface area contributed by atoms with Crippen LogP contribution in [0.2, 0.25) is 0 Å². The molecule has 0 bridgehead atoms. The summed E-state index contributed by atoms with van der Waals surface area (Å²) in [6.45, 7) is 4.62. The Balaban J connectivity index is 1.88. The number of hydrogen-bond acceptors (Lipinski definition) is 3. The maximum absolute atomic E-state index is 12.2. The number of carbonyl (C=O) groups excluding carboxylic acids is 1. The average Bonchev–Trinajstić information content (AvgIpc) is 2.71. The molecule has 1 aliphatic rings. The molecule has 116 valence electrons. The zero-order valence-corrected chi connectivity index (χ0v) is 14.9. The molecule has 21 heavy (non-hydrogen) atoms. The highest BCUT2D eigenvalue weighted by Gasteiger charge is 2.19. The van der Waals surface area contributed by atoms with Crippen molar-refractivity contribution in [3.63, 3.8) is 0 Å². The number of carbonyl (C=O) groups is 1. The lowest BCUT2D eigenvalue weighted by atomic mass is 10.1. The zero-order chi connectivity index (χ0) is 15.2. The van der Waals surface area contributed by atoms with E-state index in [9.17, 15) is 4.79 Å². The Kier molecular flexibility index (Phi) is 6.44. The number of nitrogens with zero attached hydrogens (tertiary/aromatic N) is 1. The van der Waals surface area contributed by atoms with Crippen molar-refractivity contribution in [2.45, 2.75) is 32.2 Å². The largest absolute Gasteiger partial charge is 0.325 e. The lowest BCUT2D eigenvalue weighted by Crippen LogP contribution is -2.38. The van der Waals surface area contributed by atoms with Crippen LogP contribution in [0.5, 0.6) is 0 Å². The van der Waals surface area contributed by atoms with Gasteiger partial charge < -0.3 is 10.6 Å². The van der Waals surface area contributed by atoms with Crippen molar-refractivity contribution >= 4 is 34.2 Å². The van der Waals surface area contributed by atoms with Crippen LogP contribution in [-0.2, 0) is 4.79 Å². The van der Waals surface area contributed by atoms with Crippen LogP contribution in [0.25, 0.3) is 0 Å². The molecule has 1 saturated heterocycles. The lowest BCUT2D eigenvalue weighted by molar-refractivity contribution is -0.117. The number of halogens is 1. The fraction of sp³-hybridized carbons (Fsp3) is 0.562. The van der Waals surface area contributed by atoms with Crippen LogP contribution in [0.3, 0.4) is 0 Å². The fourth-order valence-corrected chi connectivity index (χ4v) is 3.40. The minimum Gasteiger partial charge on any atom is -0.325 e. The Morgan fingerprint density at radius 3 is 3.00 bits per heavy atom. The molecule has 1 aromatic rings. The van der Waals surface area contributed by atoms with Gasteiger partial charge in [0.1, 0.15) is 0 Å². The first-order chi connectivity index (χ1) is 10.1. The van der Waals surface area contributed by atoms with Crippen molar-refractivity contribution in [1.29, 1.82) is 0 Å². The number of nitrogens with one attached hydrogen (secondary N) is 2. The molecule has 1 amide bonds. The van der Waals surface area contributed by atoms with E-state index in [0.717, 1.165) is 30.8 Å². The summed E-state index contributed by atoms with van der Waals surface area (Å²) in [6.07, 6.45) is 3.47. The second kappa shape index (κ2) is 8.10. The van der Waals surface area contributed by atoms with Crippen LogP contribution in [-0.4, -0.2) is 43.5 Å². The van der Waals surface area contributed by atoms with Gasteiger partial charge in [0.2, 0.25) is 5.91 Å². The number of rotatable bonds is 4. The molecule has 0 saturated carbocycles. The van der Waals surface area contributed by atoms with Crippen molar-refractivity contribution < 1.29 is 4.79 Å². The van der Waals surface area contributed by atoms with Gasteiger partial charge in [0, 0.05) is 15.3 Å². The first kappa shape index (κ1) is 16.7. The Morgan fingerprint density at radius 2 is 2.24 bits per heavy atom. The summed E-state index contributed by atoms with van der Waals surface area (Å²) in [5.74, 6) is 0.0685. The number of anilines is 1. The van der Waals surface area contributed by atoms with Gasteiger partial charge in [0.15, 0.2) is 0 Å². The Bertz CT molecular complexity index is 484. The van der Waals surface area contributed by atoms with E-state index >= 15 is 0 Å². The summed E-state index contributed by atoms with van der Waals surface area (Å²) < 4.78 is 1.19. The summed E-state index contributed by atoms with van der Waals surface area (Å²) in [7, 11) is 2.05. The Morgan fingerprint density at radius 1 is 1.43 bits per heavy atom. The molecule has 0 spiro atoms. The molecule has 5 heteroatoms. The molecule has 0 radical (unpaired) electrons. The van der Waals surface area contributed by atoms with Gasteiger partial charge >= 0.3 is 0 Å². The van der Waals surface area contributed by atoms with Gasteiger partial charge in [-0.25, -0.2) is 0 Å². The highest BCUT2D eigenvalue weighted by atomic mass is 127. The second-order valence-corrected chi connectivity index (χ2v) is 7.00. The second-order valence-electron chi connectivity index (χ2n) is 5.76. The molecule has 2 rings (SSSR count). The predicted molar refractivity (Wildman–Crippen MR) is 95.7 cm³/mol. The van der Waals surface area contributed by atoms with Crippen LogP contribution in [0, 0.1) is 10.5 Å². The predicted octanol–water partition coefficient (Wildman–Crippen LogP) is 2.61. The van der Waals surface area contributed by atoms with Crippen molar-refractivity contribution in [3.8, 4) is 0 Å². The minimum absolute atomic E-state index is 0.0685. The SMILES string of the molecule is Cc1cc(I)ccc1NC(=O)CN(C)C1CCCNCC1. The molecule has 4 nitrogen and oxygen atoms in total. The van der Waals surface area contributed by atoms with E-state index in [1.807, 2.05) is 19.1 Å². The van der Waals surface area contributed by atoms with E-state index in [-0.39, 0.29) is 5.91 Å². The standard InChI is InChI=1S/C16H24IN3O/c1-12-10-13(17)5-6-15(12)19-16(21)11-20(2)14-4-3-8-18-9-7-14/h5-6,10,14,18H,3-4,7-9,11H2,1-2H3,(H,19,21). The van der Waals surface area contributed by atoms with E-state index < -0.39 is 0 Å². The summed E-state index contributed by atoms with van der Waals surface area (Å²) in [5.41, 5.74) is 2.02. The monoisotopic (exact) mass is 401 g/mol. The maximum atomic E-state index is 12.2. The highest BCUT2D eigenvalue weighted by molar-refractivity contribution is 14.1. The number of likely N-dealkylation sites (N-methyl/N-ethyl adjacent to an activating group) is 1. The number of hydrogen-bond donors (Lipinski definition) is 2. The third-order valence-corrected chi connectivity index (χ3v) is 4.70. The molecule has 1 aliphatic heterocycles. The third-order valence-electron chi connectivity index (χ3n) is 4.02. The van der Waals surface area contributed by atoms with Gasteiger partial charge in [0.25, 0.3) is 0 Å². The van der Waals surface area contributed by atoms with Crippen molar-refractivity contribution in [2.24, 2.45) is 0 Å². The van der Waals surface area contributed by atoms with E-state index in [0.29, 0.717) is 12.6 Å². The van der Waals surface area contributed by atoms with E-state index in [4.69, 9.17) is 0 Å². The van der Waals surface area contributed by atoms with Crippen LogP contribution in [0.4, 0.5) is 5.69 Å². The van der Waals surface area contributed by atoms with Gasteiger partial charge in [-0.05, 0) is 92.7 Å². The molecule has 2 N–H and O–H groups in total. The fourth-order valence-electron chi connectivity index (χ4n) is 2.75. The number of amides is 1. The smallest absolute Gasteiger partial charge is 0.238 e. The first-order valence-electron chi connectivity index (χ1n) is 7.53. The van der Waals surface area contributed by atoms with Crippen molar-refractivity contribution in [1.82, 2.24) is 10.2 Å². The normalized spacial score (nSPS) is 19.3. The number of aryl methyl sites for hydroxylation is 1. The van der Waals surface area contributed by atoms with Gasteiger partial charge in [-0.3, -0.25) is 9.69 Å². The molecular formula is C16H24IN3O. The molecule has 1 atom stereocenters. The van der Waals surface area contributed by atoms with Crippen molar-refractivity contribution in [3.05, 3.63) is 27.3 Å². The summed E-state index contributed by atoms with van der Waals surface area (Å²) in [4.78, 5) is 14.4. The van der Waals surface area contributed by atoms with E-state index in [1.54, 1.807) is 0 Å². The van der Waals surface area contributed by atoms with Gasteiger partial charge in [-0.2, -0.15) is 0 Å². The molecule has 1 fully saturated rings. The molecule has 1 heterocycles. The third kappa shape index (κ3) is 5.23. The average molecular weight is 401 g/mol. The van der Waals surface area contributed by atoms with E-state index in [1.165, 1.54) is 16.4 Å². The minimum atomic E-state index is 0.0685. The van der Waals surface area contributed by atoms with Gasteiger partial charge in [-0.15, -0.1) is 0 Å². The molecule has 0 aromatic heterocycles. The Labute approximate surface area is 140 Å². The van der Waals surface area contributed by atoms with Crippen LogP contribution < -0.4 is 10.6 Å². The molecule has 1 aromatic carbocycles. The van der Waals surface area contributed by atoms with Crippen LogP contribution in [0.1, 0.15) is 24.8 Å². The number of benzene rings is 1. The maximum Gasteiger partial charge on any atom is 0.238 e. The van der Waals surface area contributed by atoms with Gasteiger partial charge in [0.05, 0.1) is 6.54 Å². The first-order valence-corrected chi connectivity index (χ1v) is 8.61. The highest BCUT2D eigenvalue weighted by Crippen LogP contribution is 2.18. The molecule has 1 unspecified atom stereocenters. The topological polar surface area (TPSA) is 44.4 Å². The summed E-state index contributed by atoms with van der Waals surface area (Å²) in [6, 6.07) is 6.58. The van der Waals surface area contributed by atoms with Crippen LogP contribution in [0.15, 0.2) is 18.2 Å². The quantitative estimate of drug-likeness (QED) is 0.763. The Hall–Kier alpha value is -0.660.